The van der Waals surface area contributed by atoms with Gasteiger partial charge in [-0.15, -0.1) is 0 Å². The number of anilines is 3. The lowest BCUT2D eigenvalue weighted by Crippen LogP contribution is -2.17. The lowest BCUT2D eigenvalue weighted by Gasteiger charge is -2.11. The molecule has 0 aromatic carbocycles. The van der Waals surface area contributed by atoms with E-state index >= 15 is 0 Å². The summed E-state index contributed by atoms with van der Waals surface area (Å²) in [5, 5.41) is 6.73. The second-order valence-corrected chi connectivity index (χ2v) is 3.74. The normalized spacial score (nSPS) is 10.3. The van der Waals surface area contributed by atoms with E-state index in [0.29, 0.717) is 30.7 Å². The van der Waals surface area contributed by atoms with Gasteiger partial charge in [-0.3, -0.25) is 0 Å². The van der Waals surface area contributed by atoms with Gasteiger partial charge in [0.25, 0.3) is 0 Å². The fourth-order valence-electron chi connectivity index (χ4n) is 1.25. The molecule has 0 amide bonds. The Balaban J connectivity index is 1.96. The highest BCUT2D eigenvalue weighted by molar-refractivity contribution is 5.40. The summed E-state index contributed by atoms with van der Waals surface area (Å²) in [5.41, 5.74) is 5.59. The zero-order chi connectivity index (χ0) is 13.0. The zero-order valence-corrected chi connectivity index (χ0v) is 10.2. The summed E-state index contributed by atoms with van der Waals surface area (Å²) in [6.45, 7) is 0.579. The van der Waals surface area contributed by atoms with Crippen molar-refractivity contribution in [1.82, 2.24) is 25.1 Å². The number of nitrogens with zero attached hydrogens (tertiary/aromatic N) is 6. The van der Waals surface area contributed by atoms with Crippen molar-refractivity contribution >= 4 is 17.8 Å². The maximum Gasteiger partial charge on any atom is 0.231 e. The molecule has 9 nitrogen and oxygen atoms in total. The molecule has 0 spiro atoms. The van der Waals surface area contributed by atoms with Crippen LogP contribution in [0.1, 0.15) is 5.82 Å². The van der Waals surface area contributed by atoms with Crippen LogP contribution in [0.4, 0.5) is 17.8 Å². The van der Waals surface area contributed by atoms with Gasteiger partial charge < -0.3 is 20.5 Å². The third kappa shape index (κ3) is 3.03. The standard InChI is InChI=1S/C9H14N8O/c1-17(2)9-14-7(10)13-8(15-9)11-4-3-6-12-5-18-16-6/h5H,3-4H2,1-2H3,(H3,10,11,13,14,15). The molecule has 96 valence electrons. The predicted molar refractivity (Wildman–Crippen MR) is 65.1 cm³/mol. The van der Waals surface area contributed by atoms with Crippen LogP contribution in [0.3, 0.4) is 0 Å². The summed E-state index contributed by atoms with van der Waals surface area (Å²) < 4.78 is 4.63. The molecule has 2 aromatic heterocycles. The SMILES string of the molecule is CN(C)c1nc(N)nc(NCCc2ncon2)n1. The third-order valence-electron chi connectivity index (χ3n) is 2.08. The second kappa shape index (κ2) is 5.25. The Kier molecular flexibility index (Phi) is 3.51. The molecule has 0 saturated carbocycles. The number of nitrogen functional groups attached to an aromatic ring is 1. The minimum absolute atomic E-state index is 0.177. The van der Waals surface area contributed by atoms with Gasteiger partial charge in [-0.2, -0.15) is 19.9 Å². The van der Waals surface area contributed by atoms with Gasteiger partial charge >= 0.3 is 0 Å². The van der Waals surface area contributed by atoms with E-state index in [2.05, 4.69) is 34.9 Å². The number of hydrogen-bond donors (Lipinski definition) is 2. The van der Waals surface area contributed by atoms with E-state index in [4.69, 9.17) is 5.73 Å². The van der Waals surface area contributed by atoms with E-state index in [1.165, 1.54) is 6.39 Å². The highest BCUT2D eigenvalue weighted by atomic mass is 16.5. The minimum Gasteiger partial charge on any atom is -0.368 e. The zero-order valence-electron chi connectivity index (χ0n) is 10.2. The molecule has 0 unspecified atom stereocenters. The largest absolute Gasteiger partial charge is 0.368 e. The van der Waals surface area contributed by atoms with Crippen molar-refractivity contribution in [1.29, 1.82) is 0 Å². The first-order valence-corrected chi connectivity index (χ1v) is 5.33. The van der Waals surface area contributed by atoms with Crippen LogP contribution in [0.25, 0.3) is 0 Å². The second-order valence-electron chi connectivity index (χ2n) is 3.74. The summed E-state index contributed by atoms with van der Waals surface area (Å²) in [4.78, 5) is 17.8. The molecule has 0 bridgehead atoms. The molecule has 2 aromatic rings. The van der Waals surface area contributed by atoms with E-state index in [1.54, 1.807) is 4.90 Å². The summed E-state index contributed by atoms with van der Waals surface area (Å²) in [6, 6.07) is 0. The average Bonchev–Trinajstić information content (AvgIpc) is 2.81. The van der Waals surface area contributed by atoms with Crippen LogP contribution < -0.4 is 16.0 Å². The molecule has 0 saturated heterocycles. The number of hydrogen-bond acceptors (Lipinski definition) is 9. The monoisotopic (exact) mass is 250 g/mol. The van der Waals surface area contributed by atoms with Gasteiger partial charge in [0.1, 0.15) is 0 Å². The van der Waals surface area contributed by atoms with E-state index in [1.807, 2.05) is 14.1 Å². The van der Waals surface area contributed by atoms with Crippen LogP contribution in [-0.4, -0.2) is 45.7 Å². The summed E-state index contributed by atoms with van der Waals surface area (Å²) >= 11 is 0. The molecule has 0 aliphatic carbocycles. The molecule has 0 aliphatic rings. The van der Waals surface area contributed by atoms with E-state index in [9.17, 15) is 0 Å². The Labute approximate surface area is 103 Å². The van der Waals surface area contributed by atoms with Crippen LogP contribution in [0.2, 0.25) is 0 Å². The molecule has 0 fully saturated rings. The van der Waals surface area contributed by atoms with Crippen LogP contribution in [0.5, 0.6) is 0 Å². The molecule has 2 rings (SSSR count). The fraction of sp³-hybridized carbons (Fsp3) is 0.444. The quantitative estimate of drug-likeness (QED) is 0.727. The molecule has 0 aliphatic heterocycles. The van der Waals surface area contributed by atoms with Crippen molar-refractivity contribution in [2.24, 2.45) is 0 Å². The van der Waals surface area contributed by atoms with E-state index in [0.717, 1.165) is 0 Å². The van der Waals surface area contributed by atoms with Crippen LogP contribution in [-0.2, 0) is 6.42 Å². The number of nitrogens with two attached hydrogens (primary N) is 1. The van der Waals surface area contributed by atoms with Crippen molar-refractivity contribution in [3.63, 3.8) is 0 Å². The molecule has 9 heteroatoms. The minimum atomic E-state index is 0.177. The molecular formula is C9H14N8O. The van der Waals surface area contributed by atoms with Crippen molar-refractivity contribution in [2.75, 3.05) is 36.6 Å². The van der Waals surface area contributed by atoms with E-state index in [-0.39, 0.29) is 5.95 Å². The van der Waals surface area contributed by atoms with Crippen LogP contribution in [0, 0.1) is 0 Å². The van der Waals surface area contributed by atoms with Gasteiger partial charge in [-0.1, -0.05) is 5.16 Å². The Hall–Kier alpha value is -2.45. The van der Waals surface area contributed by atoms with Crippen LogP contribution in [0.15, 0.2) is 10.9 Å². The van der Waals surface area contributed by atoms with Crippen LogP contribution >= 0.6 is 0 Å². The Morgan fingerprint density at radius 1 is 1.33 bits per heavy atom. The smallest absolute Gasteiger partial charge is 0.231 e. The van der Waals surface area contributed by atoms with E-state index < -0.39 is 0 Å². The molecular weight excluding hydrogens is 236 g/mol. The predicted octanol–water partition coefficient (Wildman–Crippen LogP) is -0.443. The molecule has 0 atom stereocenters. The Morgan fingerprint density at radius 3 is 2.83 bits per heavy atom. The highest BCUT2D eigenvalue weighted by Crippen LogP contribution is 2.08. The van der Waals surface area contributed by atoms with Gasteiger partial charge in [-0.05, 0) is 0 Å². The number of aromatic nitrogens is 5. The molecule has 18 heavy (non-hydrogen) atoms. The molecule has 3 N–H and O–H groups in total. The Bertz CT molecular complexity index is 497. The van der Waals surface area contributed by atoms with Gasteiger partial charge in [-0.25, -0.2) is 0 Å². The first-order valence-electron chi connectivity index (χ1n) is 5.33. The summed E-state index contributed by atoms with van der Waals surface area (Å²) in [6.07, 6.45) is 1.90. The van der Waals surface area contributed by atoms with Crippen molar-refractivity contribution in [3.05, 3.63) is 12.2 Å². The maximum absolute atomic E-state index is 5.59. The van der Waals surface area contributed by atoms with Crippen molar-refractivity contribution in [2.45, 2.75) is 6.42 Å². The fourth-order valence-corrected chi connectivity index (χ4v) is 1.25. The van der Waals surface area contributed by atoms with Gasteiger partial charge in [0.2, 0.25) is 24.2 Å². The lowest BCUT2D eigenvalue weighted by molar-refractivity contribution is 0.410. The average molecular weight is 250 g/mol. The van der Waals surface area contributed by atoms with Gasteiger partial charge in [0, 0.05) is 27.1 Å². The first kappa shape index (κ1) is 12.0. The third-order valence-corrected chi connectivity index (χ3v) is 2.08. The highest BCUT2D eigenvalue weighted by Gasteiger charge is 2.06. The topological polar surface area (TPSA) is 119 Å². The number of nitrogens with one attached hydrogen (secondary N) is 1. The van der Waals surface area contributed by atoms with Crippen molar-refractivity contribution in [3.8, 4) is 0 Å². The maximum atomic E-state index is 5.59. The summed E-state index contributed by atoms with van der Waals surface area (Å²) in [5.74, 6) is 1.73. The summed E-state index contributed by atoms with van der Waals surface area (Å²) in [7, 11) is 3.66. The first-order chi connectivity index (χ1) is 8.65. The number of rotatable bonds is 5. The van der Waals surface area contributed by atoms with Gasteiger partial charge in [0.15, 0.2) is 5.82 Å². The molecule has 0 radical (unpaired) electrons. The Morgan fingerprint density at radius 2 is 2.17 bits per heavy atom. The van der Waals surface area contributed by atoms with Gasteiger partial charge in [0.05, 0.1) is 0 Å². The lowest BCUT2D eigenvalue weighted by atomic mass is 10.4. The molecule has 2 heterocycles. The van der Waals surface area contributed by atoms with Crippen molar-refractivity contribution < 1.29 is 4.52 Å².